The van der Waals surface area contributed by atoms with Crippen molar-refractivity contribution in [1.82, 2.24) is 10.6 Å². The van der Waals surface area contributed by atoms with E-state index in [0.29, 0.717) is 25.7 Å². The van der Waals surface area contributed by atoms with Gasteiger partial charge in [0.1, 0.15) is 0 Å². The molecular formula is C14H26N2O5. The maximum atomic E-state index is 11.5. The zero-order valence-electron chi connectivity index (χ0n) is 13.0. The number of carbonyl (C=O) groups excluding carboxylic acids is 2. The van der Waals surface area contributed by atoms with Gasteiger partial charge in [0, 0.05) is 26.0 Å². The number of hydrogen-bond donors (Lipinski definition) is 3. The van der Waals surface area contributed by atoms with Gasteiger partial charge in [-0.3, -0.25) is 14.9 Å². The highest BCUT2D eigenvalue weighted by Gasteiger charge is 2.14. The van der Waals surface area contributed by atoms with Crippen molar-refractivity contribution in [1.29, 1.82) is 0 Å². The molecule has 0 aromatic heterocycles. The highest BCUT2D eigenvalue weighted by Crippen LogP contribution is 2.06. The van der Waals surface area contributed by atoms with E-state index < -0.39 is 17.9 Å². The van der Waals surface area contributed by atoms with Crippen LogP contribution in [-0.4, -0.2) is 42.8 Å². The number of carboxylic acid groups (broad SMARTS) is 1. The van der Waals surface area contributed by atoms with E-state index in [-0.39, 0.29) is 18.8 Å². The molecule has 0 aliphatic carbocycles. The summed E-state index contributed by atoms with van der Waals surface area (Å²) in [4.78, 5) is 33.3. The van der Waals surface area contributed by atoms with E-state index in [9.17, 15) is 14.4 Å². The molecule has 1 unspecified atom stereocenters. The minimum absolute atomic E-state index is 0.00457. The van der Waals surface area contributed by atoms with E-state index >= 15 is 0 Å². The van der Waals surface area contributed by atoms with Crippen LogP contribution in [0.25, 0.3) is 0 Å². The van der Waals surface area contributed by atoms with Gasteiger partial charge in [0.25, 0.3) is 0 Å². The molecule has 0 saturated carbocycles. The quantitative estimate of drug-likeness (QED) is 0.529. The number of nitrogens with one attached hydrogen (secondary N) is 2. The van der Waals surface area contributed by atoms with Crippen molar-refractivity contribution < 1.29 is 24.2 Å². The summed E-state index contributed by atoms with van der Waals surface area (Å²) < 4.78 is 5.32. The average molecular weight is 302 g/mol. The fourth-order valence-corrected chi connectivity index (χ4v) is 1.57. The van der Waals surface area contributed by atoms with Crippen LogP contribution >= 0.6 is 0 Å². The highest BCUT2D eigenvalue weighted by atomic mass is 16.5. The second-order valence-electron chi connectivity index (χ2n) is 5.51. The summed E-state index contributed by atoms with van der Waals surface area (Å²) in [6.45, 7) is 7.21. The number of rotatable bonds is 10. The molecule has 0 bridgehead atoms. The molecule has 0 aromatic carbocycles. The van der Waals surface area contributed by atoms with E-state index in [2.05, 4.69) is 24.5 Å². The zero-order chi connectivity index (χ0) is 16.3. The topological polar surface area (TPSA) is 105 Å². The van der Waals surface area contributed by atoms with Gasteiger partial charge in [0.2, 0.25) is 5.91 Å². The average Bonchev–Trinajstić information content (AvgIpc) is 2.31. The van der Waals surface area contributed by atoms with Gasteiger partial charge in [-0.1, -0.05) is 20.8 Å². The third-order valence-electron chi connectivity index (χ3n) is 2.68. The molecule has 3 N–H and O–H groups in total. The molecule has 0 rings (SSSR count). The maximum Gasteiger partial charge on any atom is 0.321 e. The molecule has 0 fully saturated rings. The van der Waals surface area contributed by atoms with Crippen LogP contribution in [0.4, 0.5) is 4.79 Å². The number of carbonyl (C=O) groups is 3. The normalized spacial score (nSPS) is 12.0. The van der Waals surface area contributed by atoms with E-state index in [4.69, 9.17) is 9.84 Å². The molecule has 7 heteroatoms. The summed E-state index contributed by atoms with van der Waals surface area (Å²) in [5.74, 6) is -1.18. The Balaban J connectivity index is 3.64. The van der Waals surface area contributed by atoms with E-state index in [1.165, 1.54) is 0 Å². The molecule has 7 nitrogen and oxygen atoms in total. The molecule has 21 heavy (non-hydrogen) atoms. The Morgan fingerprint density at radius 2 is 1.76 bits per heavy atom. The standard InChI is InChI=1S/C14H26N2O5/c1-10(2)4-6-21-7-5-15-14(20)16-12(17)8-11(3)9-13(18)19/h10-11H,4-9H2,1-3H3,(H,18,19)(H2,15,16,17,20). The lowest BCUT2D eigenvalue weighted by Gasteiger charge is -2.10. The number of amides is 3. The maximum absolute atomic E-state index is 11.5. The molecular weight excluding hydrogens is 276 g/mol. The van der Waals surface area contributed by atoms with Crippen LogP contribution in [0.2, 0.25) is 0 Å². The van der Waals surface area contributed by atoms with Crippen LogP contribution in [0.1, 0.15) is 40.0 Å². The van der Waals surface area contributed by atoms with Gasteiger partial charge in [-0.25, -0.2) is 4.79 Å². The molecule has 0 aliphatic heterocycles. The monoisotopic (exact) mass is 302 g/mol. The van der Waals surface area contributed by atoms with Crippen molar-refractivity contribution in [3.8, 4) is 0 Å². The third-order valence-corrected chi connectivity index (χ3v) is 2.68. The smallest absolute Gasteiger partial charge is 0.321 e. The van der Waals surface area contributed by atoms with Crippen molar-refractivity contribution in [3.05, 3.63) is 0 Å². The number of imide groups is 1. The molecule has 0 spiro atoms. The molecule has 3 amide bonds. The Bertz CT molecular complexity index is 344. The summed E-state index contributed by atoms with van der Waals surface area (Å²) in [7, 11) is 0. The number of ether oxygens (including phenoxy) is 1. The Morgan fingerprint density at radius 1 is 1.10 bits per heavy atom. The molecule has 1 atom stereocenters. The first-order chi connectivity index (χ1) is 9.81. The first kappa shape index (κ1) is 19.4. The van der Waals surface area contributed by atoms with Gasteiger partial charge in [-0.05, 0) is 18.3 Å². The number of carboxylic acids is 1. The predicted molar refractivity (Wildman–Crippen MR) is 77.8 cm³/mol. The van der Waals surface area contributed by atoms with Gasteiger partial charge in [0.05, 0.1) is 6.61 Å². The van der Waals surface area contributed by atoms with E-state index in [1.807, 2.05) is 0 Å². The fourth-order valence-electron chi connectivity index (χ4n) is 1.57. The van der Waals surface area contributed by atoms with E-state index in [1.54, 1.807) is 6.92 Å². The zero-order valence-corrected chi connectivity index (χ0v) is 13.0. The molecule has 0 aromatic rings. The summed E-state index contributed by atoms with van der Waals surface area (Å²) in [5, 5.41) is 13.2. The van der Waals surface area contributed by atoms with Crippen molar-refractivity contribution in [2.75, 3.05) is 19.8 Å². The molecule has 122 valence electrons. The highest BCUT2D eigenvalue weighted by molar-refractivity contribution is 5.94. The molecule has 0 aliphatic rings. The van der Waals surface area contributed by atoms with Crippen LogP contribution in [0, 0.1) is 11.8 Å². The first-order valence-electron chi connectivity index (χ1n) is 7.18. The van der Waals surface area contributed by atoms with Crippen LogP contribution in [-0.2, 0) is 14.3 Å². The minimum Gasteiger partial charge on any atom is -0.481 e. The van der Waals surface area contributed by atoms with Gasteiger partial charge >= 0.3 is 12.0 Å². The van der Waals surface area contributed by atoms with Crippen LogP contribution < -0.4 is 10.6 Å². The molecule has 0 radical (unpaired) electrons. The first-order valence-corrected chi connectivity index (χ1v) is 7.18. The predicted octanol–water partition coefficient (Wildman–Crippen LogP) is 1.38. The van der Waals surface area contributed by atoms with Crippen LogP contribution in [0.5, 0.6) is 0 Å². The van der Waals surface area contributed by atoms with Crippen molar-refractivity contribution >= 4 is 17.9 Å². The number of aliphatic carboxylic acids is 1. The largest absolute Gasteiger partial charge is 0.481 e. The van der Waals surface area contributed by atoms with Gasteiger partial charge in [0.15, 0.2) is 0 Å². The Hall–Kier alpha value is -1.63. The Kier molecular flexibility index (Phi) is 10.2. The van der Waals surface area contributed by atoms with Crippen molar-refractivity contribution in [2.24, 2.45) is 11.8 Å². The SMILES string of the molecule is CC(C)CCOCCNC(=O)NC(=O)CC(C)CC(=O)O. The number of urea groups is 1. The summed E-state index contributed by atoms with van der Waals surface area (Å²) in [5.41, 5.74) is 0. The fraction of sp³-hybridized carbons (Fsp3) is 0.786. The number of hydrogen-bond acceptors (Lipinski definition) is 4. The molecule has 0 saturated heterocycles. The second-order valence-corrected chi connectivity index (χ2v) is 5.51. The summed E-state index contributed by atoms with van der Waals surface area (Å²) in [6.07, 6.45) is 0.871. The van der Waals surface area contributed by atoms with Crippen molar-refractivity contribution in [2.45, 2.75) is 40.0 Å². The van der Waals surface area contributed by atoms with Crippen LogP contribution in [0.3, 0.4) is 0 Å². The van der Waals surface area contributed by atoms with Gasteiger partial charge in [-0.2, -0.15) is 0 Å². The lowest BCUT2D eigenvalue weighted by Crippen LogP contribution is -2.41. The van der Waals surface area contributed by atoms with Gasteiger partial charge < -0.3 is 15.2 Å². The minimum atomic E-state index is -0.960. The lowest BCUT2D eigenvalue weighted by atomic mass is 10.0. The van der Waals surface area contributed by atoms with Crippen molar-refractivity contribution in [3.63, 3.8) is 0 Å². The summed E-state index contributed by atoms with van der Waals surface area (Å²) in [6, 6.07) is -0.588. The molecule has 0 heterocycles. The third kappa shape index (κ3) is 13.1. The van der Waals surface area contributed by atoms with Gasteiger partial charge in [-0.15, -0.1) is 0 Å². The van der Waals surface area contributed by atoms with Crippen LogP contribution in [0.15, 0.2) is 0 Å². The van der Waals surface area contributed by atoms with E-state index in [0.717, 1.165) is 6.42 Å². The second kappa shape index (κ2) is 11.1. The Labute approximate surface area is 125 Å². The summed E-state index contributed by atoms with van der Waals surface area (Å²) >= 11 is 0. The lowest BCUT2D eigenvalue weighted by molar-refractivity contribution is -0.138. The Morgan fingerprint density at radius 3 is 2.33 bits per heavy atom.